The van der Waals surface area contributed by atoms with E-state index < -0.39 is 0 Å². The highest BCUT2D eigenvalue weighted by atomic mass is 15.3. The second-order valence-electron chi connectivity index (χ2n) is 4.32. The topological polar surface area (TPSA) is 42.7 Å². The number of nitrogens with zero attached hydrogens (tertiary/aromatic N) is 3. The fraction of sp³-hybridized carbons (Fsp3) is 0.818. The third kappa shape index (κ3) is 2.37. The van der Waals surface area contributed by atoms with Crippen molar-refractivity contribution < 1.29 is 0 Å². The van der Waals surface area contributed by atoms with Gasteiger partial charge in [-0.05, 0) is 45.7 Å². The van der Waals surface area contributed by atoms with Crippen LogP contribution >= 0.6 is 0 Å². The molecule has 1 saturated heterocycles. The van der Waals surface area contributed by atoms with Gasteiger partial charge in [0, 0.05) is 13.0 Å². The molecule has 1 aromatic heterocycles. The summed E-state index contributed by atoms with van der Waals surface area (Å²) in [7, 11) is 0. The third-order valence-electron chi connectivity index (χ3n) is 3.20. The molecule has 0 saturated carbocycles. The lowest BCUT2D eigenvalue weighted by molar-refractivity contribution is 0.366. The van der Waals surface area contributed by atoms with Crippen molar-refractivity contribution in [2.45, 2.75) is 39.7 Å². The third-order valence-corrected chi connectivity index (χ3v) is 3.20. The predicted octanol–water partition coefficient (Wildman–Crippen LogP) is 1.15. The number of aromatic nitrogens is 3. The molecule has 2 heterocycles. The minimum Gasteiger partial charge on any atom is -0.316 e. The van der Waals surface area contributed by atoms with Crippen LogP contribution in [0.4, 0.5) is 0 Å². The molecular weight excluding hydrogens is 188 g/mol. The van der Waals surface area contributed by atoms with Crippen LogP contribution in [0.5, 0.6) is 0 Å². The monoisotopic (exact) mass is 208 g/mol. The van der Waals surface area contributed by atoms with Crippen LogP contribution in [0.1, 0.15) is 31.4 Å². The quantitative estimate of drug-likeness (QED) is 0.810. The van der Waals surface area contributed by atoms with Gasteiger partial charge in [-0.2, -0.15) is 0 Å². The van der Waals surface area contributed by atoms with E-state index in [1.165, 1.54) is 19.4 Å². The lowest BCUT2D eigenvalue weighted by Gasteiger charge is -2.22. The highest BCUT2D eigenvalue weighted by Crippen LogP contribution is 2.15. The fourth-order valence-electron chi connectivity index (χ4n) is 2.34. The molecule has 0 aromatic carbocycles. The number of hydrogen-bond donors (Lipinski definition) is 1. The van der Waals surface area contributed by atoms with Crippen LogP contribution in [0.25, 0.3) is 0 Å². The number of rotatable bonds is 3. The molecule has 0 amide bonds. The lowest BCUT2D eigenvalue weighted by Crippen LogP contribution is -2.31. The Morgan fingerprint density at radius 1 is 1.47 bits per heavy atom. The largest absolute Gasteiger partial charge is 0.316 e. The first kappa shape index (κ1) is 10.6. The van der Waals surface area contributed by atoms with E-state index in [-0.39, 0.29) is 0 Å². The van der Waals surface area contributed by atoms with Gasteiger partial charge in [-0.15, -0.1) is 10.2 Å². The number of hydrogen-bond acceptors (Lipinski definition) is 3. The van der Waals surface area contributed by atoms with E-state index in [2.05, 4.69) is 27.0 Å². The average molecular weight is 208 g/mol. The van der Waals surface area contributed by atoms with Crippen LogP contribution in [0.15, 0.2) is 0 Å². The van der Waals surface area contributed by atoms with Gasteiger partial charge in [0.1, 0.15) is 11.6 Å². The van der Waals surface area contributed by atoms with Gasteiger partial charge in [-0.3, -0.25) is 0 Å². The van der Waals surface area contributed by atoms with Crippen LogP contribution in [0, 0.1) is 12.8 Å². The number of aryl methyl sites for hydroxylation is 1. The number of nitrogens with one attached hydrogen (secondary N) is 1. The lowest BCUT2D eigenvalue weighted by atomic mass is 9.96. The second kappa shape index (κ2) is 4.75. The molecule has 1 unspecified atom stereocenters. The van der Waals surface area contributed by atoms with Gasteiger partial charge in [0.05, 0.1) is 0 Å². The van der Waals surface area contributed by atoms with E-state index >= 15 is 0 Å². The van der Waals surface area contributed by atoms with Gasteiger partial charge >= 0.3 is 0 Å². The molecule has 1 fully saturated rings. The normalized spacial score (nSPS) is 21.9. The zero-order chi connectivity index (χ0) is 10.7. The van der Waals surface area contributed by atoms with Crippen molar-refractivity contribution in [3.8, 4) is 0 Å². The average Bonchev–Trinajstić information content (AvgIpc) is 2.61. The molecule has 0 aliphatic carbocycles. The van der Waals surface area contributed by atoms with E-state index in [1.807, 2.05) is 6.92 Å². The predicted molar refractivity (Wildman–Crippen MR) is 59.7 cm³/mol. The molecule has 1 aromatic rings. The van der Waals surface area contributed by atoms with Gasteiger partial charge in [0.2, 0.25) is 0 Å². The Morgan fingerprint density at radius 3 is 3.00 bits per heavy atom. The van der Waals surface area contributed by atoms with Gasteiger partial charge in [-0.25, -0.2) is 0 Å². The van der Waals surface area contributed by atoms with Crippen molar-refractivity contribution >= 4 is 0 Å². The molecule has 1 atom stereocenters. The van der Waals surface area contributed by atoms with Gasteiger partial charge < -0.3 is 9.88 Å². The maximum Gasteiger partial charge on any atom is 0.133 e. The van der Waals surface area contributed by atoms with Crippen molar-refractivity contribution in [3.05, 3.63) is 11.6 Å². The van der Waals surface area contributed by atoms with Gasteiger partial charge in [0.25, 0.3) is 0 Å². The van der Waals surface area contributed by atoms with Crippen LogP contribution < -0.4 is 5.32 Å². The molecule has 84 valence electrons. The van der Waals surface area contributed by atoms with Crippen LogP contribution in [0.3, 0.4) is 0 Å². The minimum atomic E-state index is 0.743. The van der Waals surface area contributed by atoms with E-state index in [1.54, 1.807) is 0 Å². The van der Waals surface area contributed by atoms with Gasteiger partial charge in [0.15, 0.2) is 0 Å². The van der Waals surface area contributed by atoms with Crippen molar-refractivity contribution in [2.75, 3.05) is 13.1 Å². The van der Waals surface area contributed by atoms with Crippen molar-refractivity contribution in [2.24, 2.45) is 5.92 Å². The molecule has 2 rings (SSSR count). The van der Waals surface area contributed by atoms with Crippen LogP contribution in [-0.4, -0.2) is 27.9 Å². The van der Waals surface area contributed by atoms with E-state index in [9.17, 15) is 0 Å². The second-order valence-corrected chi connectivity index (χ2v) is 4.32. The molecule has 0 spiro atoms. The van der Waals surface area contributed by atoms with Crippen molar-refractivity contribution in [3.63, 3.8) is 0 Å². The Labute approximate surface area is 91.1 Å². The summed E-state index contributed by atoms with van der Waals surface area (Å²) in [6.07, 6.45) is 3.69. The maximum atomic E-state index is 4.27. The molecule has 4 nitrogen and oxygen atoms in total. The standard InChI is InChI=1S/C11H20N4/c1-3-15-9(2)13-14-11(15)7-10-5-4-6-12-8-10/h10,12H,3-8H2,1-2H3. The Kier molecular flexibility index (Phi) is 3.36. The van der Waals surface area contributed by atoms with Crippen molar-refractivity contribution in [1.82, 2.24) is 20.1 Å². The number of piperidine rings is 1. The fourth-order valence-corrected chi connectivity index (χ4v) is 2.34. The van der Waals surface area contributed by atoms with Crippen LogP contribution in [0.2, 0.25) is 0 Å². The molecule has 0 bridgehead atoms. The summed E-state index contributed by atoms with van der Waals surface area (Å²) in [6, 6.07) is 0. The van der Waals surface area contributed by atoms with Crippen LogP contribution in [-0.2, 0) is 13.0 Å². The molecule has 15 heavy (non-hydrogen) atoms. The summed E-state index contributed by atoms with van der Waals surface area (Å²) < 4.78 is 2.22. The smallest absolute Gasteiger partial charge is 0.133 e. The summed E-state index contributed by atoms with van der Waals surface area (Å²) in [6.45, 7) is 7.47. The Morgan fingerprint density at radius 2 is 2.33 bits per heavy atom. The molecule has 1 aliphatic heterocycles. The van der Waals surface area contributed by atoms with Gasteiger partial charge in [-0.1, -0.05) is 0 Å². The maximum absolute atomic E-state index is 4.27. The minimum absolute atomic E-state index is 0.743. The van der Waals surface area contributed by atoms with E-state index in [0.29, 0.717) is 0 Å². The van der Waals surface area contributed by atoms with E-state index in [4.69, 9.17) is 0 Å². The summed E-state index contributed by atoms with van der Waals surface area (Å²) >= 11 is 0. The molecule has 4 heteroatoms. The highest BCUT2D eigenvalue weighted by molar-refractivity contribution is 4.96. The molecule has 1 N–H and O–H groups in total. The highest BCUT2D eigenvalue weighted by Gasteiger charge is 2.17. The summed E-state index contributed by atoms with van der Waals surface area (Å²) in [5.74, 6) is 2.94. The Bertz CT molecular complexity index is 312. The zero-order valence-electron chi connectivity index (χ0n) is 9.66. The molecular formula is C11H20N4. The van der Waals surface area contributed by atoms with Crippen molar-refractivity contribution in [1.29, 1.82) is 0 Å². The SMILES string of the molecule is CCn1c(C)nnc1CC1CCCNC1. The Balaban J connectivity index is 2.02. The molecule has 1 aliphatic rings. The summed E-state index contributed by atoms with van der Waals surface area (Å²) in [4.78, 5) is 0. The first-order valence-electron chi connectivity index (χ1n) is 5.90. The molecule has 0 radical (unpaired) electrons. The Hall–Kier alpha value is -0.900. The first-order valence-corrected chi connectivity index (χ1v) is 5.90. The summed E-state index contributed by atoms with van der Waals surface area (Å²) in [5.41, 5.74) is 0. The summed E-state index contributed by atoms with van der Waals surface area (Å²) in [5, 5.41) is 11.9. The first-order chi connectivity index (χ1) is 7.31. The van der Waals surface area contributed by atoms with E-state index in [0.717, 1.165) is 37.1 Å². The zero-order valence-corrected chi connectivity index (χ0v) is 9.66.